The largest absolute Gasteiger partial charge is 0.506 e. The summed E-state index contributed by atoms with van der Waals surface area (Å²) in [6.45, 7) is 4.81. The van der Waals surface area contributed by atoms with Gasteiger partial charge in [-0.2, -0.15) is 0 Å². The topological polar surface area (TPSA) is 48.4 Å². The molecule has 0 saturated carbocycles. The maximum atomic E-state index is 9.81. The summed E-state index contributed by atoms with van der Waals surface area (Å²) in [5.74, 6) is 0.311. The number of pyridine rings is 1. The minimum Gasteiger partial charge on any atom is -0.506 e. The summed E-state index contributed by atoms with van der Waals surface area (Å²) in [6.07, 6.45) is 2.46. The van der Waals surface area contributed by atoms with Crippen molar-refractivity contribution < 1.29 is 5.11 Å². The molecule has 1 atom stereocenters. The van der Waals surface area contributed by atoms with Gasteiger partial charge in [0, 0.05) is 24.8 Å². The van der Waals surface area contributed by atoms with Crippen molar-refractivity contribution in [1.29, 1.82) is 0 Å². The molecule has 0 aliphatic carbocycles. The minimum absolute atomic E-state index is 0. The normalized spacial score (nSPS) is 19.8. The first-order valence-electron chi connectivity index (χ1n) is 6.25. The zero-order valence-electron chi connectivity index (χ0n) is 11.0. The molecular weight excluding hydrogens is 250 g/mol. The summed E-state index contributed by atoms with van der Waals surface area (Å²) in [4.78, 5) is 6.82. The molecule has 18 heavy (non-hydrogen) atoms. The van der Waals surface area contributed by atoms with Gasteiger partial charge in [-0.3, -0.25) is 9.88 Å². The molecule has 1 fully saturated rings. The Balaban J connectivity index is 0.00000162. The molecule has 4 nitrogen and oxygen atoms in total. The molecule has 2 heterocycles. The highest BCUT2D eigenvalue weighted by molar-refractivity contribution is 5.85. The van der Waals surface area contributed by atoms with E-state index in [1.54, 1.807) is 6.07 Å². The summed E-state index contributed by atoms with van der Waals surface area (Å²) in [7, 11) is 1.99. The Kier molecular flexibility index (Phi) is 5.85. The number of halogens is 1. The van der Waals surface area contributed by atoms with Crippen molar-refractivity contribution >= 4 is 12.4 Å². The lowest BCUT2D eigenvalue weighted by Crippen LogP contribution is -2.36. The summed E-state index contributed by atoms with van der Waals surface area (Å²) < 4.78 is 0. The predicted octanol–water partition coefficient (Wildman–Crippen LogP) is 1.70. The fraction of sp³-hybridized carbons (Fsp3) is 0.615. The van der Waals surface area contributed by atoms with Gasteiger partial charge in [-0.15, -0.1) is 12.4 Å². The summed E-state index contributed by atoms with van der Waals surface area (Å²) >= 11 is 0. The number of likely N-dealkylation sites (N-methyl/N-ethyl adjacent to an activating group) is 1. The van der Waals surface area contributed by atoms with Crippen LogP contribution in [0.15, 0.2) is 12.1 Å². The first-order valence-corrected chi connectivity index (χ1v) is 6.25. The molecule has 1 aliphatic heterocycles. The molecule has 0 spiro atoms. The lowest BCUT2D eigenvalue weighted by molar-refractivity contribution is 0.236. The number of hydrogen-bond acceptors (Lipinski definition) is 4. The van der Waals surface area contributed by atoms with Crippen LogP contribution in [0.2, 0.25) is 0 Å². The van der Waals surface area contributed by atoms with E-state index in [0.29, 0.717) is 11.8 Å². The van der Waals surface area contributed by atoms with E-state index in [4.69, 9.17) is 0 Å². The van der Waals surface area contributed by atoms with Crippen LogP contribution in [0.1, 0.15) is 24.2 Å². The average molecular weight is 272 g/mol. The lowest BCUT2D eigenvalue weighted by Gasteiger charge is -2.24. The highest BCUT2D eigenvalue weighted by atomic mass is 35.5. The Morgan fingerprint density at radius 1 is 1.50 bits per heavy atom. The molecule has 0 bridgehead atoms. The van der Waals surface area contributed by atoms with Crippen molar-refractivity contribution in [3.05, 3.63) is 23.5 Å². The number of aromatic hydroxyl groups is 1. The van der Waals surface area contributed by atoms with E-state index in [2.05, 4.69) is 15.2 Å². The van der Waals surface area contributed by atoms with E-state index in [-0.39, 0.29) is 12.4 Å². The van der Waals surface area contributed by atoms with E-state index < -0.39 is 0 Å². The molecule has 2 N–H and O–H groups in total. The second kappa shape index (κ2) is 6.92. The number of nitrogens with zero attached hydrogens (tertiary/aromatic N) is 2. The number of aryl methyl sites for hydroxylation is 1. The van der Waals surface area contributed by atoms with E-state index in [0.717, 1.165) is 31.0 Å². The molecule has 0 aromatic carbocycles. The van der Waals surface area contributed by atoms with E-state index in [9.17, 15) is 5.11 Å². The Labute approximate surface area is 115 Å². The van der Waals surface area contributed by atoms with Gasteiger partial charge in [0.25, 0.3) is 0 Å². The Morgan fingerprint density at radius 3 is 3.00 bits per heavy atom. The smallest absolute Gasteiger partial charge is 0.138 e. The maximum Gasteiger partial charge on any atom is 0.138 e. The van der Waals surface area contributed by atoms with Crippen LogP contribution < -0.4 is 5.32 Å². The summed E-state index contributed by atoms with van der Waals surface area (Å²) in [6, 6.07) is 4.15. The fourth-order valence-corrected chi connectivity index (χ4v) is 2.48. The Morgan fingerprint density at radius 2 is 2.28 bits per heavy atom. The molecule has 1 aromatic heterocycles. The lowest BCUT2D eigenvalue weighted by atomic mass is 10.2. The Hall–Kier alpha value is -0.840. The number of nitrogens with one attached hydrogen (secondary N) is 1. The van der Waals surface area contributed by atoms with Crippen molar-refractivity contribution in [3.8, 4) is 5.75 Å². The molecule has 1 unspecified atom stereocenters. The SMILES string of the molecule is CNCC1CCCN1Cc1nc(C)ccc1O.Cl. The van der Waals surface area contributed by atoms with Crippen LogP contribution in [0.5, 0.6) is 5.75 Å². The molecule has 0 amide bonds. The van der Waals surface area contributed by atoms with Crippen LogP contribution in [-0.4, -0.2) is 41.2 Å². The van der Waals surface area contributed by atoms with Gasteiger partial charge in [0.2, 0.25) is 0 Å². The predicted molar refractivity (Wildman–Crippen MR) is 75.2 cm³/mol. The van der Waals surface area contributed by atoms with E-state index >= 15 is 0 Å². The van der Waals surface area contributed by atoms with Gasteiger partial charge in [-0.05, 0) is 45.5 Å². The highest BCUT2D eigenvalue weighted by Crippen LogP contribution is 2.23. The van der Waals surface area contributed by atoms with Gasteiger partial charge in [-0.1, -0.05) is 0 Å². The third-order valence-corrected chi connectivity index (χ3v) is 3.38. The van der Waals surface area contributed by atoms with Gasteiger partial charge in [0.15, 0.2) is 0 Å². The molecule has 1 aliphatic rings. The first kappa shape index (κ1) is 15.2. The zero-order valence-corrected chi connectivity index (χ0v) is 11.8. The van der Waals surface area contributed by atoms with Gasteiger partial charge in [-0.25, -0.2) is 0 Å². The van der Waals surface area contributed by atoms with Crippen LogP contribution in [0, 0.1) is 6.92 Å². The van der Waals surface area contributed by atoms with Crippen LogP contribution in [0.4, 0.5) is 0 Å². The molecule has 102 valence electrons. The fourth-order valence-electron chi connectivity index (χ4n) is 2.48. The third-order valence-electron chi connectivity index (χ3n) is 3.38. The summed E-state index contributed by atoms with van der Waals surface area (Å²) in [5.41, 5.74) is 1.76. The van der Waals surface area contributed by atoms with Gasteiger partial charge in [0.05, 0.1) is 5.69 Å². The van der Waals surface area contributed by atoms with Gasteiger partial charge in [0.1, 0.15) is 5.75 Å². The van der Waals surface area contributed by atoms with Crippen LogP contribution >= 0.6 is 12.4 Å². The van der Waals surface area contributed by atoms with Crippen LogP contribution in [0.3, 0.4) is 0 Å². The molecule has 2 rings (SSSR count). The van der Waals surface area contributed by atoms with Crippen molar-refractivity contribution in [2.45, 2.75) is 32.4 Å². The van der Waals surface area contributed by atoms with Crippen molar-refractivity contribution in [3.63, 3.8) is 0 Å². The molecule has 1 saturated heterocycles. The van der Waals surface area contributed by atoms with Crippen LogP contribution in [-0.2, 0) is 6.54 Å². The third kappa shape index (κ3) is 3.57. The second-order valence-electron chi connectivity index (χ2n) is 4.74. The standard InChI is InChI=1S/C13H21N3O.ClH/c1-10-5-6-13(17)12(15-10)9-16-7-3-4-11(16)8-14-2;/h5-6,11,14,17H,3-4,7-9H2,1-2H3;1H. The number of rotatable bonds is 4. The zero-order chi connectivity index (χ0) is 12.3. The highest BCUT2D eigenvalue weighted by Gasteiger charge is 2.24. The van der Waals surface area contributed by atoms with Crippen molar-refractivity contribution in [2.24, 2.45) is 0 Å². The number of aromatic nitrogens is 1. The molecule has 1 aromatic rings. The first-order chi connectivity index (χ1) is 8.20. The van der Waals surface area contributed by atoms with E-state index in [1.807, 2.05) is 20.0 Å². The molecule has 0 radical (unpaired) electrons. The quantitative estimate of drug-likeness (QED) is 0.875. The minimum atomic E-state index is 0. The summed E-state index contributed by atoms with van der Waals surface area (Å²) in [5, 5.41) is 13.0. The Bertz CT molecular complexity index is 386. The molecule has 5 heteroatoms. The second-order valence-corrected chi connectivity index (χ2v) is 4.74. The van der Waals surface area contributed by atoms with Crippen LogP contribution in [0.25, 0.3) is 0 Å². The average Bonchev–Trinajstić information content (AvgIpc) is 2.72. The maximum absolute atomic E-state index is 9.81. The van der Waals surface area contributed by atoms with Gasteiger partial charge < -0.3 is 10.4 Å². The van der Waals surface area contributed by atoms with Gasteiger partial charge >= 0.3 is 0 Å². The number of likely N-dealkylation sites (tertiary alicyclic amines) is 1. The number of hydrogen-bond donors (Lipinski definition) is 2. The monoisotopic (exact) mass is 271 g/mol. The van der Waals surface area contributed by atoms with Crippen molar-refractivity contribution in [1.82, 2.24) is 15.2 Å². The molecular formula is C13H22ClN3O. The van der Waals surface area contributed by atoms with E-state index in [1.165, 1.54) is 12.8 Å². The van der Waals surface area contributed by atoms with Crippen molar-refractivity contribution in [2.75, 3.05) is 20.1 Å².